The zero-order chi connectivity index (χ0) is 26.5. The Bertz CT molecular complexity index is 1430. The van der Waals surface area contributed by atoms with Gasteiger partial charge >= 0.3 is 5.97 Å². The van der Waals surface area contributed by atoms with Crippen molar-refractivity contribution in [1.29, 1.82) is 0 Å². The maximum atomic E-state index is 12.7. The van der Waals surface area contributed by atoms with E-state index >= 15 is 0 Å². The highest BCUT2D eigenvalue weighted by Crippen LogP contribution is 2.42. The molecule has 0 unspecified atom stereocenters. The Morgan fingerprint density at radius 3 is 1.77 bits per heavy atom. The molecule has 0 amide bonds. The van der Waals surface area contributed by atoms with Crippen molar-refractivity contribution in [3.05, 3.63) is 156 Å². The Morgan fingerprint density at radius 2 is 1.18 bits per heavy atom. The van der Waals surface area contributed by atoms with Gasteiger partial charge in [0.1, 0.15) is 17.6 Å². The number of aryl methyl sites for hydroxylation is 1. The highest BCUT2D eigenvalue weighted by atomic mass is 16.6. The second kappa shape index (κ2) is 11.3. The lowest BCUT2D eigenvalue weighted by Crippen LogP contribution is -2.49. The SMILES string of the molecule is O=C1O[C@@H](CCCc2cccc3ccccc23)[C@@H]1COC(c1ccccc1)(c1ccccc1)c1ccccc1. The summed E-state index contributed by atoms with van der Waals surface area (Å²) in [7, 11) is 0. The number of hydrogen-bond donors (Lipinski definition) is 0. The van der Waals surface area contributed by atoms with Crippen molar-refractivity contribution < 1.29 is 14.3 Å². The van der Waals surface area contributed by atoms with Gasteiger partial charge in [-0.15, -0.1) is 0 Å². The van der Waals surface area contributed by atoms with Crippen LogP contribution in [0.3, 0.4) is 0 Å². The van der Waals surface area contributed by atoms with E-state index < -0.39 is 5.60 Å². The minimum absolute atomic E-state index is 0.132. The average molecular weight is 513 g/mol. The van der Waals surface area contributed by atoms with Gasteiger partial charge in [0.05, 0.1) is 6.61 Å². The molecule has 3 heteroatoms. The predicted octanol–water partition coefficient (Wildman–Crippen LogP) is 7.71. The zero-order valence-electron chi connectivity index (χ0n) is 21.9. The highest BCUT2D eigenvalue weighted by Gasteiger charge is 2.45. The molecule has 1 aliphatic rings. The number of benzene rings is 5. The summed E-state index contributed by atoms with van der Waals surface area (Å²) in [5, 5.41) is 2.55. The molecule has 0 bridgehead atoms. The zero-order valence-corrected chi connectivity index (χ0v) is 21.9. The maximum Gasteiger partial charge on any atom is 0.315 e. The van der Waals surface area contributed by atoms with Gasteiger partial charge in [-0.25, -0.2) is 0 Å². The van der Waals surface area contributed by atoms with Crippen molar-refractivity contribution in [2.75, 3.05) is 6.61 Å². The monoisotopic (exact) mass is 512 g/mol. The molecular weight excluding hydrogens is 480 g/mol. The summed E-state index contributed by atoms with van der Waals surface area (Å²) in [6.45, 7) is 0.288. The van der Waals surface area contributed by atoms with Crippen LogP contribution in [0.25, 0.3) is 10.8 Å². The largest absolute Gasteiger partial charge is 0.461 e. The number of fused-ring (bicyclic) bond motifs is 1. The molecule has 0 radical (unpaired) electrons. The van der Waals surface area contributed by atoms with Crippen LogP contribution in [0.1, 0.15) is 35.1 Å². The number of carbonyl (C=O) groups excluding carboxylic acids is 1. The molecule has 1 saturated heterocycles. The first-order valence-electron chi connectivity index (χ1n) is 13.7. The lowest BCUT2D eigenvalue weighted by molar-refractivity contribution is -0.194. The Balaban J connectivity index is 1.22. The summed E-state index contributed by atoms with van der Waals surface area (Å²) < 4.78 is 12.6. The molecule has 1 fully saturated rings. The number of carbonyl (C=O) groups is 1. The van der Waals surface area contributed by atoms with Crippen molar-refractivity contribution in [1.82, 2.24) is 0 Å². The van der Waals surface area contributed by atoms with Gasteiger partial charge in [0, 0.05) is 0 Å². The minimum atomic E-state index is -0.840. The molecular formula is C36H32O3. The van der Waals surface area contributed by atoms with E-state index in [-0.39, 0.29) is 24.6 Å². The smallest absolute Gasteiger partial charge is 0.315 e. The van der Waals surface area contributed by atoms with Crippen LogP contribution in [0.2, 0.25) is 0 Å². The molecule has 0 N–H and O–H groups in total. The standard InChI is InChI=1S/C36H32O3/c37-35-33(34(39-35)25-13-17-28-16-12-15-27-14-10-11-24-32(27)28)26-38-36(29-18-4-1-5-19-29,30-20-6-2-7-21-30)31-22-8-3-9-23-31/h1-12,14-16,18-24,33-34H,13,17,25-26H2/t33-,34-/m0/s1. The Kier molecular flexibility index (Phi) is 7.25. The topological polar surface area (TPSA) is 35.5 Å². The fourth-order valence-corrected chi connectivity index (χ4v) is 5.82. The molecule has 194 valence electrons. The number of cyclic esters (lactones) is 1. The molecule has 3 nitrogen and oxygen atoms in total. The van der Waals surface area contributed by atoms with Crippen LogP contribution in [0.15, 0.2) is 133 Å². The predicted molar refractivity (Wildman–Crippen MR) is 155 cm³/mol. The Hall–Kier alpha value is -4.21. The average Bonchev–Trinajstić information content (AvgIpc) is 3.00. The molecule has 0 spiro atoms. The van der Waals surface area contributed by atoms with E-state index in [1.54, 1.807) is 0 Å². The summed E-state index contributed by atoms with van der Waals surface area (Å²) >= 11 is 0. The van der Waals surface area contributed by atoms with E-state index in [1.165, 1.54) is 16.3 Å². The summed E-state index contributed by atoms with van der Waals surface area (Å²) in [5.74, 6) is -0.457. The first kappa shape index (κ1) is 25.1. The molecule has 0 aromatic heterocycles. The molecule has 1 heterocycles. The Morgan fingerprint density at radius 1 is 0.641 bits per heavy atom. The van der Waals surface area contributed by atoms with Crippen LogP contribution in [0.4, 0.5) is 0 Å². The Labute approximate surface area is 230 Å². The number of hydrogen-bond acceptors (Lipinski definition) is 3. The maximum absolute atomic E-state index is 12.7. The van der Waals surface area contributed by atoms with Gasteiger partial charge < -0.3 is 9.47 Å². The normalized spacial score (nSPS) is 17.0. The van der Waals surface area contributed by atoms with Crippen LogP contribution in [-0.2, 0) is 26.3 Å². The van der Waals surface area contributed by atoms with Gasteiger partial charge in [-0.05, 0) is 52.3 Å². The number of rotatable bonds is 10. The van der Waals surface area contributed by atoms with Gasteiger partial charge in [0.2, 0.25) is 0 Å². The van der Waals surface area contributed by atoms with E-state index in [2.05, 4.69) is 78.9 Å². The van der Waals surface area contributed by atoms with Gasteiger partial charge in [-0.2, -0.15) is 0 Å². The first-order chi connectivity index (χ1) is 19.3. The fourth-order valence-electron chi connectivity index (χ4n) is 5.82. The molecule has 6 rings (SSSR count). The van der Waals surface area contributed by atoms with E-state index in [0.717, 1.165) is 36.0 Å². The molecule has 0 saturated carbocycles. The second-order valence-corrected chi connectivity index (χ2v) is 10.2. The quantitative estimate of drug-likeness (QED) is 0.142. The summed E-state index contributed by atoms with van der Waals surface area (Å²) in [4.78, 5) is 12.7. The minimum Gasteiger partial charge on any atom is -0.461 e. The molecule has 39 heavy (non-hydrogen) atoms. The van der Waals surface area contributed by atoms with Gasteiger partial charge in [-0.3, -0.25) is 4.79 Å². The van der Waals surface area contributed by atoms with Crippen molar-refractivity contribution in [2.45, 2.75) is 31.0 Å². The summed E-state index contributed by atoms with van der Waals surface area (Å²) in [6.07, 6.45) is 2.58. The third-order valence-electron chi connectivity index (χ3n) is 7.85. The van der Waals surface area contributed by atoms with Crippen molar-refractivity contribution in [2.24, 2.45) is 5.92 Å². The van der Waals surface area contributed by atoms with Gasteiger partial charge in [-0.1, -0.05) is 133 Å². The van der Waals surface area contributed by atoms with Crippen molar-refractivity contribution >= 4 is 16.7 Å². The van der Waals surface area contributed by atoms with Crippen LogP contribution >= 0.6 is 0 Å². The second-order valence-electron chi connectivity index (χ2n) is 10.2. The van der Waals surface area contributed by atoms with E-state index in [0.29, 0.717) is 0 Å². The molecule has 0 aliphatic carbocycles. The van der Waals surface area contributed by atoms with Crippen LogP contribution in [-0.4, -0.2) is 18.7 Å². The van der Waals surface area contributed by atoms with Crippen LogP contribution < -0.4 is 0 Å². The molecule has 1 aliphatic heterocycles. The molecule has 2 atom stereocenters. The van der Waals surface area contributed by atoms with Gasteiger partial charge in [0.15, 0.2) is 0 Å². The van der Waals surface area contributed by atoms with Crippen LogP contribution in [0, 0.1) is 5.92 Å². The lowest BCUT2D eigenvalue weighted by Gasteiger charge is -2.40. The lowest BCUT2D eigenvalue weighted by atomic mass is 9.79. The fraction of sp³-hybridized carbons (Fsp3) is 0.194. The van der Waals surface area contributed by atoms with Crippen molar-refractivity contribution in [3.8, 4) is 0 Å². The van der Waals surface area contributed by atoms with Crippen molar-refractivity contribution in [3.63, 3.8) is 0 Å². The molecule has 5 aromatic rings. The number of ether oxygens (including phenoxy) is 2. The first-order valence-corrected chi connectivity index (χ1v) is 13.7. The molecule has 5 aromatic carbocycles. The van der Waals surface area contributed by atoms with E-state index in [9.17, 15) is 4.79 Å². The van der Waals surface area contributed by atoms with E-state index in [4.69, 9.17) is 9.47 Å². The van der Waals surface area contributed by atoms with E-state index in [1.807, 2.05) is 54.6 Å². The third kappa shape index (κ3) is 4.98. The summed E-state index contributed by atoms with van der Waals surface area (Å²) in [5.41, 5.74) is 3.59. The summed E-state index contributed by atoms with van der Waals surface area (Å²) in [6, 6.07) is 45.8. The number of esters is 1. The van der Waals surface area contributed by atoms with Gasteiger partial charge in [0.25, 0.3) is 0 Å². The highest BCUT2D eigenvalue weighted by molar-refractivity contribution is 5.85. The van der Waals surface area contributed by atoms with Crippen LogP contribution in [0.5, 0.6) is 0 Å². The third-order valence-corrected chi connectivity index (χ3v) is 7.85.